The molecule has 1 aromatic rings. The van der Waals surface area contributed by atoms with Gasteiger partial charge in [0, 0.05) is 6.04 Å². The zero-order valence-corrected chi connectivity index (χ0v) is 11.4. The van der Waals surface area contributed by atoms with E-state index < -0.39 is 25.2 Å². The van der Waals surface area contributed by atoms with Crippen molar-refractivity contribution < 1.29 is 22.7 Å². The van der Waals surface area contributed by atoms with E-state index in [4.69, 9.17) is 10.5 Å². The van der Waals surface area contributed by atoms with Crippen molar-refractivity contribution in [2.75, 3.05) is 13.2 Å². The summed E-state index contributed by atoms with van der Waals surface area (Å²) in [6.07, 6.45) is -1.54. The van der Waals surface area contributed by atoms with Crippen LogP contribution in [0.15, 0.2) is 18.2 Å². The van der Waals surface area contributed by atoms with Gasteiger partial charge in [-0.1, -0.05) is 6.07 Å². The number of halogens is 3. The molecule has 0 aliphatic heterocycles. The first kappa shape index (κ1) is 15.6. The molecule has 21 heavy (non-hydrogen) atoms. The summed E-state index contributed by atoms with van der Waals surface area (Å²) in [7, 11) is 0. The minimum Gasteiger partial charge on any atom is -0.484 e. The monoisotopic (exact) mass is 302 g/mol. The third-order valence-corrected chi connectivity index (χ3v) is 3.33. The smallest absolute Gasteiger partial charge is 0.405 e. The number of aryl methyl sites for hydroxylation is 1. The van der Waals surface area contributed by atoms with Gasteiger partial charge in [-0.25, -0.2) is 0 Å². The Hall–Kier alpha value is -1.76. The lowest BCUT2D eigenvalue weighted by atomic mass is 9.88. The largest absolute Gasteiger partial charge is 0.484 e. The molecule has 1 aliphatic carbocycles. The maximum Gasteiger partial charge on any atom is 0.405 e. The maximum atomic E-state index is 11.9. The highest BCUT2D eigenvalue weighted by Crippen LogP contribution is 2.30. The van der Waals surface area contributed by atoms with E-state index in [9.17, 15) is 18.0 Å². The van der Waals surface area contributed by atoms with E-state index in [0.29, 0.717) is 5.75 Å². The SMILES string of the molecule is N[C@@H]1CCCc2ccc(OCC(=O)NCC(F)(F)F)cc21. The number of hydrogen-bond donors (Lipinski definition) is 2. The molecule has 116 valence electrons. The van der Waals surface area contributed by atoms with Crippen molar-refractivity contribution in [2.24, 2.45) is 5.73 Å². The summed E-state index contributed by atoms with van der Waals surface area (Å²) in [5, 5.41) is 1.75. The maximum absolute atomic E-state index is 11.9. The Balaban J connectivity index is 1.89. The van der Waals surface area contributed by atoms with Crippen molar-refractivity contribution in [2.45, 2.75) is 31.5 Å². The average Bonchev–Trinajstić information content (AvgIpc) is 2.43. The van der Waals surface area contributed by atoms with Crippen LogP contribution in [0.5, 0.6) is 5.75 Å². The van der Waals surface area contributed by atoms with E-state index in [1.165, 1.54) is 0 Å². The summed E-state index contributed by atoms with van der Waals surface area (Å²) in [5.74, 6) is -0.373. The second-order valence-corrected chi connectivity index (χ2v) is 5.04. The molecule has 0 unspecified atom stereocenters. The van der Waals surface area contributed by atoms with Crippen molar-refractivity contribution in [1.82, 2.24) is 5.32 Å². The van der Waals surface area contributed by atoms with Gasteiger partial charge < -0.3 is 15.8 Å². The number of nitrogens with one attached hydrogen (secondary N) is 1. The first-order chi connectivity index (χ1) is 9.85. The number of nitrogens with two attached hydrogens (primary N) is 1. The van der Waals surface area contributed by atoms with Crippen LogP contribution in [0.1, 0.15) is 30.0 Å². The summed E-state index contributed by atoms with van der Waals surface area (Å²) in [4.78, 5) is 11.3. The van der Waals surface area contributed by atoms with Gasteiger partial charge in [0.1, 0.15) is 12.3 Å². The highest BCUT2D eigenvalue weighted by molar-refractivity contribution is 5.77. The number of rotatable bonds is 4. The van der Waals surface area contributed by atoms with E-state index >= 15 is 0 Å². The van der Waals surface area contributed by atoms with Gasteiger partial charge in [-0.3, -0.25) is 4.79 Å². The second kappa shape index (κ2) is 6.34. The number of fused-ring (bicyclic) bond motifs is 1. The number of hydrogen-bond acceptors (Lipinski definition) is 3. The highest BCUT2D eigenvalue weighted by atomic mass is 19.4. The Morgan fingerprint density at radius 1 is 1.43 bits per heavy atom. The summed E-state index contributed by atoms with van der Waals surface area (Å²) >= 11 is 0. The predicted molar refractivity (Wildman–Crippen MR) is 70.9 cm³/mol. The van der Waals surface area contributed by atoms with E-state index in [-0.39, 0.29) is 6.04 Å². The molecule has 1 aromatic carbocycles. The molecule has 4 nitrogen and oxygen atoms in total. The van der Waals surface area contributed by atoms with Crippen molar-refractivity contribution in [3.63, 3.8) is 0 Å². The van der Waals surface area contributed by atoms with Crippen LogP contribution in [0.25, 0.3) is 0 Å². The Kier molecular flexibility index (Phi) is 4.72. The minimum absolute atomic E-state index is 0.0589. The number of alkyl halides is 3. The van der Waals surface area contributed by atoms with E-state index in [1.54, 1.807) is 17.4 Å². The molecule has 0 aromatic heterocycles. The topological polar surface area (TPSA) is 64.3 Å². The van der Waals surface area contributed by atoms with Crippen LogP contribution in [-0.4, -0.2) is 25.2 Å². The molecule has 1 amide bonds. The van der Waals surface area contributed by atoms with Crippen LogP contribution in [0.4, 0.5) is 13.2 Å². The second-order valence-electron chi connectivity index (χ2n) is 5.04. The summed E-state index contributed by atoms with van der Waals surface area (Å²) in [5.41, 5.74) is 8.14. The molecule has 0 radical (unpaired) electrons. The quantitative estimate of drug-likeness (QED) is 0.895. The Morgan fingerprint density at radius 2 is 2.19 bits per heavy atom. The first-order valence-corrected chi connectivity index (χ1v) is 6.70. The van der Waals surface area contributed by atoms with Crippen LogP contribution in [0, 0.1) is 0 Å². The third-order valence-electron chi connectivity index (χ3n) is 3.33. The zero-order valence-electron chi connectivity index (χ0n) is 11.4. The summed E-state index contributed by atoms with van der Waals surface area (Å²) < 4.78 is 41.0. The molecule has 0 heterocycles. The van der Waals surface area contributed by atoms with Crippen LogP contribution >= 0.6 is 0 Å². The number of amides is 1. The Bertz CT molecular complexity index is 517. The van der Waals surface area contributed by atoms with Gasteiger partial charge in [0.25, 0.3) is 5.91 Å². The first-order valence-electron chi connectivity index (χ1n) is 6.70. The molecule has 0 spiro atoms. The van der Waals surface area contributed by atoms with Gasteiger partial charge in [-0.15, -0.1) is 0 Å². The molecule has 7 heteroatoms. The Morgan fingerprint density at radius 3 is 2.90 bits per heavy atom. The molecule has 0 bridgehead atoms. The fraction of sp³-hybridized carbons (Fsp3) is 0.500. The van der Waals surface area contributed by atoms with Crippen LogP contribution in [-0.2, 0) is 11.2 Å². The number of benzene rings is 1. The normalized spacial score (nSPS) is 18.0. The summed E-state index contributed by atoms with van der Waals surface area (Å²) in [6.45, 7) is -1.81. The predicted octanol–water partition coefficient (Wildman–Crippen LogP) is 2.08. The van der Waals surface area contributed by atoms with Crippen molar-refractivity contribution >= 4 is 5.91 Å². The van der Waals surface area contributed by atoms with Crippen LogP contribution < -0.4 is 15.8 Å². The average molecular weight is 302 g/mol. The van der Waals surface area contributed by atoms with Crippen molar-refractivity contribution in [3.05, 3.63) is 29.3 Å². The van der Waals surface area contributed by atoms with Crippen molar-refractivity contribution in [1.29, 1.82) is 0 Å². The lowest BCUT2D eigenvalue weighted by Gasteiger charge is -2.22. The van der Waals surface area contributed by atoms with Crippen molar-refractivity contribution in [3.8, 4) is 5.75 Å². The minimum atomic E-state index is -4.42. The van der Waals surface area contributed by atoms with Gasteiger partial charge in [0.05, 0.1) is 0 Å². The van der Waals surface area contributed by atoms with Gasteiger partial charge in [-0.2, -0.15) is 13.2 Å². The van der Waals surface area contributed by atoms with Gasteiger partial charge in [0.2, 0.25) is 0 Å². The molecular weight excluding hydrogens is 285 g/mol. The van der Waals surface area contributed by atoms with Gasteiger partial charge >= 0.3 is 6.18 Å². The lowest BCUT2D eigenvalue weighted by molar-refractivity contribution is -0.139. The van der Waals surface area contributed by atoms with Crippen LogP contribution in [0.2, 0.25) is 0 Å². The van der Waals surface area contributed by atoms with E-state index in [2.05, 4.69) is 0 Å². The molecule has 0 saturated carbocycles. The molecule has 0 saturated heterocycles. The van der Waals surface area contributed by atoms with E-state index in [0.717, 1.165) is 30.4 Å². The van der Waals surface area contributed by atoms with Gasteiger partial charge in [-0.05, 0) is 42.5 Å². The highest BCUT2D eigenvalue weighted by Gasteiger charge is 2.27. The molecular formula is C14H17F3N2O2. The number of carbonyl (C=O) groups excluding carboxylic acids is 1. The number of carbonyl (C=O) groups is 1. The van der Waals surface area contributed by atoms with Crippen LogP contribution in [0.3, 0.4) is 0 Å². The standard InChI is InChI=1S/C14H17F3N2O2/c15-14(16,17)8-19-13(20)7-21-10-5-4-9-2-1-3-12(18)11(9)6-10/h4-6,12H,1-3,7-8,18H2,(H,19,20)/t12-/m1/s1. The molecule has 1 atom stereocenters. The Labute approximate surface area is 120 Å². The third kappa shape index (κ3) is 4.63. The van der Waals surface area contributed by atoms with E-state index in [1.807, 2.05) is 6.07 Å². The number of ether oxygens (including phenoxy) is 1. The molecule has 2 rings (SSSR count). The molecule has 3 N–H and O–H groups in total. The fourth-order valence-corrected chi connectivity index (χ4v) is 2.30. The zero-order chi connectivity index (χ0) is 15.5. The molecule has 1 aliphatic rings. The summed E-state index contributed by atoms with van der Waals surface area (Å²) in [6, 6.07) is 5.29. The fourth-order valence-electron chi connectivity index (χ4n) is 2.30. The lowest BCUT2D eigenvalue weighted by Crippen LogP contribution is -2.36. The molecule has 0 fully saturated rings. The van der Waals surface area contributed by atoms with Gasteiger partial charge in [0.15, 0.2) is 6.61 Å².